The van der Waals surface area contributed by atoms with E-state index in [1.807, 2.05) is 55.5 Å². The van der Waals surface area contributed by atoms with Crippen molar-refractivity contribution in [2.75, 3.05) is 5.32 Å². The Morgan fingerprint density at radius 1 is 1.29 bits per heavy atom. The molecule has 0 saturated heterocycles. The van der Waals surface area contributed by atoms with Crippen molar-refractivity contribution in [2.45, 2.75) is 23.5 Å². The van der Waals surface area contributed by atoms with Crippen molar-refractivity contribution < 1.29 is 9.59 Å². The smallest absolute Gasteiger partial charge is 0.241 e. The van der Waals surface area contributed by atoms with Crippen LogP contribution < -0.4 is 10.7 Å². The van der Waals surface area contributed by atoms with E-state index in [2.05, 4.69) is 15.8 Å². The zero-order valence-electron chi connectivity index (χ0n) is 13.2. The number of hydrogen-bond acceptors (Lipinski definition) is 4. The molecule has 0 radical (unpaired) electrons. The van der Waals surface area contributed by atoms with Crippen molar-refractivity contribution in [1.29, 1.82) is 0 Å². The Labute approximate surface area is 144 Å². The van der Waals surface area contributed by atoms with Crippen LogP contribution in [0.2, 0.25) is 0 Å². The third-order valence-electron chi connectivity index (χ3n) is 3.52. The first kappa shape index (κ1) is 16.3. The number of benzene rings is 2. The number of hydrazone groups is 1. The molecule has 0 saturated carbocycles. The van der Waals surface area contributed by atoms with E-state index in [-0.39, 0.29) is 18.2 Å². The molecule has 0 spiro atoms. The van der Waals surface area contributed by atoms with Gasteiger partial charge in [0.15, 0.2) is 0 Å². The van der Waals surface area contributed by atoms with Crippen LogP contribution >= 0.6 is 11.8 Å². The predicted octanol–water partition coefficient (Wildman–Crippen LogP) is 2.95. The zero-order valence-corrected chi connectivity index (χ0v) is 14.0. The van der Waals surface area contributed by atoms with E-state index < -0.39 is 5.25 Å². The number of nitrogens with one attached hydrogen (secondary N) is 2. The lowest BCUT2D eigenvalue weighted by atomic mass is 10.2. The summed E-state index contributed by atoms with van der Waals surface area (Å²) in [6, 6.07) is 15.4. The van der Waals surface area contributed by atoms with E-state index in [0.717, 1.165) is 21.7 Å². The molecule has 1 aliphatic heterocycles. The van der Waals surface area contributed by atoms with Gasteiger partial charge in [0.2, 0.25) is 11.8 Å². The number of para-hydroxylation sites is 1. The summed E-state index contributed by atoms with van der Waals surface area (Å²) < 4.78 is 0. The van der Waals surface area contributed by atoms with Crippen molar-refractivity contribution in [3.63, 3.8) is 0 Å². The first-order valence-corrected chi connectivity index (χ1v) is 8.45. The van der Waals surface area contributed by atoms with E-state index in [9.17, 15) is 9.59 Å². The first-order valence-electron chi connectivity index (χ1n) is 7.57. The van der Waals surface area contributed by atoms with Gasteiger partial charge >= 0.3 is 0 Å². The Morgan fingerprint density at radius 2 is 2.12 bits per heavy atom. The fourth-order valence-electron chi connectivity index (χ4n) is 2.37. The van der Waals surface area contributed by atoms with Crippen molar-refractivity contribution in [3.05, 3.63) is 59.7 Å². The summed E-state index contributed by atoms with van der Waals surface area (Å²) >= 11 is 1.40. The monoisotopic (exact) mass is 339 g/mol. The van der Waals surface area contributed by atoms with Crippen LogP contribution in [0.5, 0.6) is 0 Å². The van der Waals surface area contributed by atoms with Gasteiger partial charge in [0.05, 0.1) is 17.2 Å². The van der Waals surface area contributed by atoms with Gasteiger partial charge in [0, 0.05) is 11.3 Å². The van der Waals surface area contributed by atoms with Gasteiger partial charge in [-0.2, -0.15) is 5.10 Å². The summed E-state index contributed by atoms with van der Waals surface area (Å²) in [6.45, 7) is 1.99. The SMILES string of the molecule is Cc1cccc(/C=N/NC(=O)CC2Sc3ccccc3NC2=O)c1. The number of fused-ring (bicyclic) bond motifs is 1. The molecule has 0 bridgehead atoms. The number of aryl methyl sites for hydroxylation is 1. The zero-order chi connectivity index (χ0) is 16.9. The Hall–Kier alpha value is -2.60. The quantitative estimate of drug-likeness (QED) is 0.664. The first-order chi connectivity index (χ1) is 11.6. The summed E-state index contributed by atoms with van der Waals surface area (Å²) in [5.41, 5.74) is 5.31. The van der Waals surface area contributed by atoms with Gasteiger partial charge in [0.25, 0.3) is 0 Å². The molecule has 3 rings (SSSR count). The van der Waals surface area contributed by atoms with Crippen LogP contribution in [0.15, 0.2) is 58.5 Å². The van der Waals surface area contributed by atoms with E-state index in [1.165, 1.54) is 11.8 Å². The lowest BCUT2D eigenvalue weighted by Crippen LogP contribution is -2.33. The van der Waals surface area contributed by atoms with Crippen molar-refractivity contribution in [1.82, 2.24) is 5.43 Å². The maximum absolute atomic E-state index is 12.1. The second-order valence-electron chi connectivity index (χ2n) is 5.50. The van der Waals surface area contributed by atoms with Crippen molar-refractivity contribution >= 4 is 35.5 Å². The second kappa shape index (κ2) is 7.31. The lowest BCUT2D eigenvalue weighted by Gasteiger charge is -2.23. The molecule has 1 aliphatic rings. The largest absolute Gasteiger partial charge is 0.324 e. The van der Waals surface area contributed by atoms with E-state index >= 15 is 0 Å². The van der Waals surface area contributed by atoms with Crippen LogP contribution in [-0.4, -0.2) is 23.3 Å². The third-order valence-corrected chi connectivity index (χ3v) is 4.80. The molecule has 2 N–H and O–H groups in total. The molecular formula is C18H17N3O2S. The van der Waals surface area contributed by atoms with Crippen LogP contribution in [0.1, 0.15) is 17.5 Å². The Kier molecular flexibility index (Phi) is 4.96. The molecule has 0 fully saturated rings. The molecule has 5 nitrogen and oxygen atoms in total. The fourth-order valence-corrected chi connectivity index (χ4v) is 3.48. The van der Waals surface area contributed by atoms with E-state index in [0.29, 0.717) is 0 Å². The van der Waals surface area contributed by atoms with Gasteiger partial charge in [-0.25, -0.2) is 5.43 Å². The van der Waals surface area contributed by atoms with Crippen molar-refractivity contribution in [3.8, 4) is 0 Å². The summed E-state index contributed by atoms with van der Waals surface area (Å²) in [4.78, 5) is 25.1. The second-order valence-corrected chi connectivity index (χ2v) is 6.75. The molecule has 6 heteroatoms. The molecule has 1 atom stereocenters. The van der Waals surface area contributed by atoms with E-state index in [4.69, 9.17) is 0 Å². The van der Waals surface area contributed by atoms with Gasteiger partial charge in [0.1, 0.15) is 0 Å². The van der Waals surface area contributed by atoms with Crippen LogP contribution in [-0.2, 0) is 9.59 Å². The van der Waals surface area contributed by atoms with Crippen LogP contribution in [0.25, 0.3) is 0 Å². The Bertz CT molecular complexity index is 804. The summed E-state index contributed by atoms with van der Waals surface area (Å²) in [7, 11) is 0. The predicted molar refractivity (Wildman–Crippen MR) is 96.2 cm³/mol. The number of amides is 2. The Balaban J connectivity index is 1.56. The minimum atomic E-state index is -0.450. The molecule has 122 valence electrons. The maximum atomic E-state index is 12.1. The molecule has 24 heavy (non-hydrogen) atoms. The van der Waals surface area contributed by atoms with Crippen LogP contribution in [0.3, 0.4) is 0 Å². The molecule has 1 heterocycles. The van der Waals surface area contributed by atoms with Crippen LogP contribution in [0.4, 0.5) is 5.69 Å². The standard InChI is InChI=1S/C18H17N3O2S/c1-12-5-4-6-13(9-12)11-19-21-17(22)10-16-18(23)20-14-7-2-3-8-15(14)24-16/h2-9,11,16H,10H2,1H3,(H,20,23)(H,21,22)/b19-11+. The molecule has 2 aromatic carbocycles. The Morgan fingerprint density at radius 3 is 2.96 bits per heavy atom. The van der Waals surface area contributed by atoms with Gasteiger partial charge < -0.3 is 5.32 Å². The normalized spacial score (nSPS) is 16.5. The third kappa shape index (κ3) is 4.02. The summed E-state index contributed by atoms with van der Waals surface area (Å²) in [6.07, 6.45) is 1.67. The van der Waals surface area contributed by atoms with Gasteiger partial charge in [-0.15, -0.1) is 11.8 Å². The maximum Gasteiger partial charge on any atom is 0.241 e. The molecule has 0 aliphatic carbocycles. The highest BCUT2D eigenvalue weighted by atomic mass is 32.2. The van der Waals surface area contributed by atoms with E-state index in [1.54, 1.807) is 6.21 Å². The average molecular weight is 339 g/mol. The lowest BCUT2D eigenvalue weighted by molar-refractivity contribution is -0.124. The fraction of sp³-hybridized carbons (Fsp3) is 0.167. The highest BCUT2D eigenvalue weighted by molar-refractivity contribution is 8.01. The number of carbonyl (C=O) groups is 2. The minimum Gasteiger partial charge on any atom is -0.324 e. The number of thioether (sulfide) groups is 1. The van der Waals surface area contributed by atoms with Crippen LogP contribution in [0, 0.1) is 6.92 Å². The highest BCUT2D eigenvalue weighted by Crippen LogP contribution is 2.36. The average Bonchev–Trinajstić information content (AvgIpc) is 2.55. The molecule has 0 aromatic heterocycles. The minimum absolute atomic E-state index is 0.0794. The molecule has 2 amide bonds. The van der Waals surface area contributed by atoms with Crippen molar-refractivity contribution in [2.24, 2.45) is 5.10 Å². The summed E-state index contributed by atoms with van der Waals surface area (Å²) in [5.74, 6) is -0.442. The number of nitrogens with zero attached hydrogens (tertiary/aromatic N) is 1. The molecule has 2 aromatic rings. The topological polar surface area (TPSA) is 70.6 Å². The van der Waals surface area contributed by atoms with Gasteiger partial charge in [-0.3, -0.25) is 9.59 Å². The van der Waals surface area contributed by atoms with Gasteiger partial charge in [-0.05, 0) is 24.6 Å². The number of carbonyl (C=O) groups excluding carboxylic acids is 2. The number of rotatable bonds is 4. The van der Waals surface area contributed by atoms with Gasteiger partial charge in [-0.1, -0.05) is 42.0 Å². The number of hydrogen-bond donors (Lipinski definition) is 2. The summed E-state index contributed by atoms with van der Waals surface area (Å²) in [5, 5.41) is 6.33. The molecule has 1 unspecified atom stereocenters. The molecular weight excluding hydrogens is 322 g/mol. The number of anilines is 1. The highest BCUT2D eigenvalue weighted by Gasteiger charge is 2.28.